The van der Waals surface area contributed by atoms with E-state index in [9.17, 15) is 4.79 Å². The molecule has 1 unspecified atom stereocenters. The summed E-state index contributed by atoms with van der Waals surface area (Å²) in [6, 6.07) is 13.4. The number of rotatable bonds is 4. The Balaban J connectivity index is 1.42. The highest BCUT2D eigenvalue weighted by atomic mass is 16.5. The molecule has 3 heterocycles. The van der Waals surface area contributed by atoms with Gasteiger partial charge in [-0.1, -0.05) is 18.2 Å². The molecule has 2 aromatic heterocycles. The summed E-state index contributed by atoms with van der Waals surface area (Å²) >= 11 is 0. The van der Waals surface area contributed by atoms with Gasteiger partial charge in [0.1, 0.15) is 11.9 Å². The molecule has 2 amide bonds. The number of anilines is 1. The quantitative estimate of drug-likeness (QED) is 0.754. The number of hydrogen-bond acceptors (Lipinski definition) is 4. The normalized spacial score (nSPS) is 16.2. The molecule has 0 radical (unpaired) electrons. The molecule has 1 fully saturated rings. The summed E-state index contributed by atoms with van der Waals surface area (Å²) in [6.45, 7) is 5.08. The lowest BCUT2D eigenvalue weighted by Gasteiger charge is -2.18. The molecule has 0 spiro atoms. The van der Waals surface area contributed by atoms with Crippen molar-refractivity contribution in [2.24, 2.45) is 0 Å². The number of para-hydroxylation sites is 1. The Kier molecular flexibility index (Phi) is 4.97. The number of nitrogens with one attached hydrogen (secondary N) is 1. The fourth-order valence-corrected chi connectivity index (χ4v) is 3.45. The maximum absolute atomic E-state index is 12.8. The summed E-state index contributed by atoms with van der Waals surface area (Å²) in [7, 11) is 0. The maximum atomic E-state index is 12.8. The van der Waals surface area contributed by atoms with Crippen LogP contribution in [0.15, 0.2) is 54.9 Å². The number of carbonyl (C=O) groups excluding carboxylic acids is 1. The third-order valence-corrected chi connectivity index (χ3v) is 4.91. The molecule has 1 N–H and O–H groups in total. The predicted molar refractivity (Wildman–Crippen MR) is 107 cm³/mol. The van der Waals surface area contributed by atoms with Crippen molar-refractivity contribution in [2.75, 3.05) is 18.4 Å². The van der Waals surface area contributed by atoms with E-state index < -0.39 is 0 Å². The highest BCUT2D eigenvalue weighted by molar-refractivity contribution is 5.91. The number of likely N-dealkylation sites (tertiary alicyclic amines) is 1. The van der Waals surface area contributed by atoms with Gasteiger partial charge in [0.2, 0.25) is 0 Å². The lowest BCUT2D eigenvalue weighted by atomic mass is 10.3. The SMILES string of the molecule is Cc1nn(-c2ccccc2)c(C)c1NC(=O)N1CCC(Oc2ccncc2)C1. The zero-order valence-corrected chi connectivity index (χ0v) is 16.0. The third-order valence-electron chi connectivity index (χ3n) is 4.91. The molecule has 7 nitrogen and oxygen atoms in total. The van der Waals surface area contributed by atoms with Crippen LogP contribution in [0.1, 0.15) is 17.8 Å². The molecule has 4 rings (SSSR count). The lowest BCUT2D eigenvalue weighted by Crippen LogP contribution is -2.34. The molecule has 0 bridgehead atoms. The Morgan fingerprint density at radius 2 is 1.89 bits per heavy atom. The Hall–Kier alpha value is -3.35. The Labute approximate surface area is 164 Å². The van der Waals surface area contributed by atoms with Crippen LogP contribution in [0.4, 0.5) is 10.5 Å². The average Bonchev–Trinajstić information content (AvgIpc) is 3.29. The van der Waals surface area contributed by atoms with Crippen LogP contribution in [-0.4, -0.2) is 44.9 Å². The second kappa shape index (κ2) is 7.72. The zero-order valence-electron chi connectivity index (χ0n) is 16.0. The van der Waals surface area contributed by atoms with Crippen LogP contribution >= 0.6 is 0 Å². The minimum absolute atomic E-state index is 0.0117. The van der Waals surface area contributed by atoms with E-state index in [0.29, 0.717) is 13.1 Å². The molecule has 1 atom stereocenters. The summed E-state index contributed by atoms with van der Waals surface area (Å²) in [4.78, 5) is 18.5. The number of carbonyl (C=O) groups is 1. The maximum Gasteiger partial charge on any atom is 0.322 e. The minimum Gasteiger partial charge on any atom is -0.488 e. The number of ether oxygens (including phenoxy) is 1. The van der Waals surface area contributed by atoms with Crippen molar-refractivity contribution in [3.05, 3.63) is 66.2 Å². The van der Waals surface area contributed by atoms with Crippen LogP contribution in [-0.2, 0) is 0 Å². The van der Waals surface area contributed by atoms with Crippen molar-refractivity contribution in [3.63, 3.8) is 0 Å². The molecular formula is C21H23N5O2. The third kappa shape index (κ3) is 3.69. The molecule has 1 aliphatic heterocycles. The molecule has 1 aromatic carbocycles. The number of urea groups is 1. The Morgan fingerprint density at radius 1 is 1.14 bits per heavy atom. The van der Waals surface area contributed by atoms with Gasteiger partial charge in [0.05, 0.1) is 29.3 Å². The fourth-order valence-electron chi connectivity index (χ4n) is 3.45. The van der Waals surface area contributed by atoms with Crippen LogP contribution in [0.2, 0.25) is 0 Å². The van der Waals surface area contributed by atoms with Crippen molar-refractivity contribution >= 4 is 11.7 Å². The van der Waals surface area contributed by atoms with E-state index >= 15 is 0 Å². The van der Waals surface area contributed by atoms with E-state index in [1.165, 1.54) is 0 Å². The first-order valence-electron chi connectivity index (χ1n) is 9.36. The van der Waals surface area contributed by atoms with Gasteiger partial charge in [-0.25, -0.2) is 9.48 Å². The molecule has 1 saturated heterocycles. The second-order valence-corrected chi connectivity index (χ2v) is 6.88. The van der Waals surface area contributed by atoms with Gasteiger partial charge in [-0.05, 0) is 38.1 Å². The van der Waals surface area contributed by atoms with Crippen LogP contribution in [0.25, 0.3) is 5.69 Å². The van der Waals surface area contributed by atoms with Crippen molar-refractivity contribution in [3.8, 4) is 11.4 Å². The van der Waals surface area contributed by atoms with E-state index in [4.69, 9.17) is 4.74 Å². The van der Waals surface area contributed by atoms with E-state index in [-0.39, 0.29) is 12.1 Å². The molecule has 1 aliphatic rings. The second-order valence-electron chi connectivity index (χ2n) is 6.88. The molecule has 0 aliphatic carbocycles. The van der Waals surface area contributed by atoms with E-state index in [1.54, 1.807) is 17.3 Å². The molecule has 7 heteroatoms. The molecule has 28 heavy (non-hydrogen) atoms. The minimum atomic E-state index is -0.125. The molecule has 144 valence electrons. The summed E-state index contributed by atoms with van der Waals surface area (Å²) in [5.41, 5.74) is 3.42. The number of aryl methyl sites for hydroxylation is 1. The number of aromatic nitrogens is 3. The summed E-state index contributed by atoms with van der Waals surface area (Å²) in [6.07, 6.45) is 4.19. The van der Waals surface area contributed by atoms with Gasteiger partial charge in [-0.3, -0.25) is 4.98 Å². The summed E-state index contributed by atoms with van der Waals surface area (Å²) in [5.74, 6) is 0.776. The van der Waals surface area contributed by atoms with Crippen molar-refractivity contribution < 1.29 is 9.53 Å². The fraction of sp³-hybridized carbons (Fsp3) is 0.286. The Morgan fingerprint density at radius 3 is 2.64 bits per heavy atom. The number of pyridine rings is 1. The van der Waals surface area contributed by atoms with Gasteiger partial charge in [0, 0.05) is 25.4 Å². The number of hydrogen-bond donors (Lipinski definition) is 1. The van der Waals surface area contributed by atoms with Gasteiger partial charge in [0.25, 0.3) is 0 Å². The standard InChI is InChI=1S/C21H23N5O2/c1-15-20(16(2)26(24-15)17-6-4-3-5-7-17)23-21(27)25-13-10-19(14-25)28-18-8-11-22-12-9-18/h3-9,11-12,19H,10,13-14H2,1-2H3,(H,23,27). The largest absolute Gasteiger partial charge is 0.488 e. The predicted octanol–water partition coefficient (Wildman–Crippen LogP) is 3.57. The van der Waals surface area contributed by atoms with Crippen molar-refractivity contribution in [1.82, 2.24) is 19.7 Å². The van der Waals surface area contributed by atoms with E-state index in [1.807, 2.05) is 61.0 Å². The van der Waals surface area contributed by atoms with Crippen molar-refractivity contribution in [2.45, 2.75) is 26.4 Å². The van der Waals surface area contributed by atoms with Gasteiger partial charge >= 0.3 is 6.03 Å². The zero-order chi connectivity index (χ0) is 19.5. The first-order chi connectivity index (χ1) is 13.6. The van der Waals surface area contributed by atoms with E-state index in [2.05, 4.69) is 15.4 Å². The molecular weight excluding hydrogens is 354 g/mol. The van der Waals surface area contributed by atoms with Gasteiger partial charge in [0.15, 0.2) is 0 Å². The van der Waals surface area contributed by atoms with Crippen LogP contribution in [0.5, 0.6) is 5.75 Å². The lowest BCUT2D eigenvalue weighted by molar-refractivity contribution is 0.194. The summed E-state index contributed by atoms with van der Waals surface area (Å²) < 4.78 is 7.79. The number of benzene rings is 1. The van der Waals surface area contributed by atoms with Gasteiger partial charge in [-0.2, -0.15) is 5.10 Å². The molecule has 3 aromatic rings. The smallest absolute Gasteiger partial charge is 0.322 e. The monoisotopic (exact) mass is 377 g/mol. The van der Waals surface area contributed by atoms with Crippen molar-refractivity contribution in [1.29, 1.82) is 0 Å². The topological polar surface area (TPSA) is 72.3 Å². The van der Waals surface area contributed by atoms with Crippen LogP contribution in [0, 0.1) is 13.8 Å². The first-order valence-corrected chi connectivity index (χ1v) is 9.36. The van der Waals surface area contributed by atoms with E-state index in [0.717, 1.165) is 34.9 Å². The first kappa shape index (κ1) is 18.0. The van der Waals surface area contributed by atoms with Gasteiger partial charge < -0.3 is 15.0 Å². The van der Waals surface area contributed by atoms with Gasteiger partial charge in [-0.15, -0.1) is 0 Å². The average molecular weight is 377 g/mol. The van der Waals surface area contributed by atoms with Crippen LogP contribution < -0.4 is 10.1 Å². The summed E-state index contributed by atoms with van der Waals surface area (Å²) in [5, 5.41) is 7.62. The molecule has 0 saturated carbocycles. The van der Waals surface area contributed by atoms with Crippen LogP contribution in [0.3, 0.4) is 0 Å². The number of amides is 2. The highest BCUT2D eigenvalue weighted by Gasteiger charge is 2.28. The Bertz CT molecular complexity index is 956. The highest BCUT2D eigenvalue weighted by Crippen LogP contribution is 2.24. The number of nitrogens with zero attached hydrogens (tertiary/aromatic N) is 4.